The third-order valence-corrected chi connectivity index (χ3v) is 6.85. The van der Waals surface area contributed by atoms with Crippen LogP contribution in [0.3, 0.4) is 0 Å². The molecule has 3 aromatic carbocycles. The van der Waals surface area contributed by atoms with Crippen molar-refractivity contribution in [1.29, 1.82) is 0 Å². The van der Waals surface area contributed by atoms with Gasteiger partial charge in [-0.25, -0.2) is 9.11 Å². The summed E-state index contributed by atoms with van der Waals surface area (Å²) < 4.78 is 41.6. The molecule has 0 aliphatic carbocycles. The minimum atomic E-state index is -1.74. The van der Waals surface area contributed by atoms with Crippen LogP contribution >= 0.6 is 0 Å². The number of rotatable bonds is 7. The highest BCUT2D eigenvalue weighted by Gasteiger charge is 2.33. The van der Waals surface area contributed by atoms with Crippen molar-refractivity contribution in [2.75, 3.05) is 24.9 Å². The smallest absolute Gasteiger partial charge is 0.254 e. The molecule has 9 heteroatoms. The molecule has 0 bridgehead atoms. The van der Waals surface area contributed by atoms with Crippen LogP contribution < -0.4 is 14.2 Å². The van der Waals surface area contributed by atoms with E-state index in [9.17, 15) is 13.7 Å². The van der Waals surface area contributed by atoms with E-state index >= 15 is 0 Å². The predicted molar refractivity (Wildman–Crippen MR) is 131 cm³/mol. The standard InChI is InChI=1S/C26H22FN3O4S/c1-33-22-8-2-3-9-23(22)34-19-15-30(16-19)26(31)18-11-12-21(20(27)14-18)29-35(32)24-10-4-6-17-7-5-13-28-25(17)24/h2-14,19,29H,15-16H2,1H3. The van der Waals surface area contributed by atoms with E-state index in [1.807, 2.05) is 30.3 Å². The van der Waals surface area contributed by atoms with Crippen LogP contribution in [0.25, 0.3) is 10.9 Å². The first-order valence-corrected chi connectivity index (χ1v) is 12.1. The van der Waals surface area contributed by atoms with E-state index in [0.717, 1.165) is 11.5 Å². The van der Waals surface area contributed by atoms with Gasteiger partial charge in [-0.05, 0) is 42.5 Å². The van der Waals surface area contributed by atoms with Gasteiger partial charge < -0.3 is 18.9 Å². The Morgan fingerprint density at radius 3 is 2.63 bits per heavy atom. The van der Waals surface area contributed by atoms with Crippen molar-refractivity contribution < 1.29 is 23.2 Å². The Morgan fingerprint density at radius 1 is 1.09 bits per heavy atom. The molecular formula is C26H22FN3O4S. The summed E-state index contributed by atoms with van der Waals surface area (Å²) >= 11 is -1.74. The molecule has 1 unspecified atom stereocenters. The molecule has 178 valence electrons. The number of hydrogen-bond donors (Lipinski definition) is 1. The molecular weight excluding hydrogens is 469 g/mol. The summed E-state index contributed by atoms with van der Waals surface area (Å²) in [5.74, 6) is 0.275. The Kier molecular flexibility index (Phi) is 6.43. The third-order valence-electron chi connectivity index (χ3n) is 5.71. The molecule has 0 radical (unpaired) electrons. The van der Waals surface area contributed by atoms with Gasteiger partial charge in [0.15, 0.2) is 17.3 Å². The Balaban J connectivity index is 1.23. The molecule has 7 nitrogen and oxygen atoms in total. The lowest BCUT2D eigenvalue weighted by Gasteiger charge is -2.39. The summed E-state index contributed by atoms with van der Waals surface area (Å²) in [4.78, 5) is 19.1. The predicted octanol–water partition coefficient (Wildman–Crippen LogP) is 4.42. The number of para-hydroxylation sites is 3. The highest BCUT2D eigenvalue weighted by molar-refractivity contribution is 7.93. The number of carbonyl (C=O) groups excluding carboxylic acids is 1. The molecule has 1 fully saturated rings. The summed E-state index contributed by atoms with van der Waals surface area (Å²) in [5, 5.41) is 0.837. The summed E-state index contributed by atoms with van der Waals surface area (Å²) in [5.41, 5.74) is 0.825. The van der Waals surface area contributed by atoms with Crippen LogP contribution in [0, 0.1) is 5.82 Å². The van der Waals surface area contributed by atoms with Crippen molar-refractivity contribution in [3.8, 4) is 11.5 Å². The number of ether oxygens (including phenoxy) is 2. The summed E-state index contributed by atoms with van der Waals surface area (Å²) in [6.07, 6.45) is 1.45. The van der Waals surface area contributed by atoms with Crippen LogP contribution in [0.5, 0.6) is 11.5 Å². The fourth-order valence-corrected chi connectivity index (χ4v) is 4.89. The number of methoxy groups -OCH3 is 1. The first kappa shape index (κ1) is 22.9. The molecule has 1 N–H and O–H groups in total. The van der Waals surface area contributed by atoms with Gasteiger partial charge in [-0.15, -0.1) is 0 Å². The second-order valence-corrected chi connectivity index (χ2v) is 9.18. The molecule has 4 aromatic rings. The number of fused-ring (bicyclic) bond motifs is 1. The van der Waals surface area contributed by atoms with Crippen molar-refractivity contribution in [3.63, 3.8) is 0 Å². The third kappa shape index (κ3) is 4.73. The van der Waals surface area contributed by atoms with Crippen LogP contribution in [-0.4, -0.2) is 46.6 Å². The highest BCUT2D eigenvalue weighted by Crippen LogP contribution is 2.30. The molecule has 1 atom stereocenters. The first-order chi connectivity index (χ1) is 17.0. The normalized spacial score (nSPS) is 14.3. The Labute approximate surface area is 204 Å². The van der Waals surface area contributed by atoms with Crippen molar-refractivity contribution in [3.05, 3.63) is 90.4 Å². The Bertz CT molecular complexity index is 1370. The number of benzene rings is 3. The zero-order valence-electron chi connectivity index (χ0n) is 18.8. The highest BCUT2D eigenvalue weighted by atomic mass is 32.2. The summed E-state index contributed by atoms with van der Waals surface area (Å²) in [7, 11) is 1.57. The van der Waals surface area contributed by atoms with E-state index < -0.39 is 17.2 Å². The molecule has 1 aliphatic heterocycles. The van der Waals surface area contributed by atoms with Gasteiger partial charge in [0, 0.05) is 17.1 Å². The summed E-state index contributed by atoms with van der Waals surface area (Å²) in [6, 6.07) is 20.4. The summed E-state index contributed by atoms with van der Waals surface area (Å²) in [6.45, 7) is 0.771. The van der Waals surface area contributed by atoms with Crippen molar-refractivity contribution in [2.45, 2.75) is 11.0 Å². The van der Waals surface area contributed by atoms with Crippen LogP contribution in [0.2, 0.25) is 0 Å². The fraction of sp³-hybridized carbons (Fsp3) is 0.154. The van der Waals surface area contributed by atoms with E-state index in [-0.39, 0.29) is 23.3 Å². The van der Waals surface area contributed by atoms with Gasteiger partial charge in [0.1, 0.15) is 28.7 Å². The van der Waals surface area contributed by atoms with Crippen molar-refractivity contribution in [2.24, 2.45) is 0 Å². The number of nitrogens with one attached hydrogen (secondary N) is 1. The van der Waals surface area contributed by atoms with Crippen LogP contribution in [0.15, 0.2) is 83.9 Å². The van der Waals surface area contributed by atoms with E-state index in [1.165, 1.54) is 12.1 Å². The number of pyridine rings is 1. The number of aromatic nitrogens is 1. The fourth-order valence-electron chi connectivity index (χ4n) is 3.87. The van der Waals surface area contributed by atoms with Crippen LogP contribution in [-0.2, 0) is 11.4 Å². The van der Waals surface area contributed by atoms with Gasteiger partial charge in [-0.3, -0.25) is 9.78 Å². The number of nitrogens with zero attached hydrogens (tertiary/aromatic N) is 2. The number of amides is 1. The van der Waals surface area contributed by atoms with E-state index in [1.54, 1.807) is 42.5 Å². The maximum atomic E-state index is 14.8. The molecule has 1 amide bonds. The maximum absolute atomic E-state index is 14.8. The van der Waals surface area contributed by atoms with Gasteiger partial charge in [0.05, 0.1) is 20.2 Å². The Hall–Kier alpha value is -3.82. The lowest BCUT2D eigenvalue weighted by atomic mass is 10.1. The number of anilines is 1. The molecule has 1 aliphatic rings. The number of carbonyl (C=O) groups is 1. The van der Waals surface area contributed by atoms with Crippen molar-refractivity contribution >= 4 is 33.9 Å². The molecule has 5 rings (SSSR count). The number of halogens is 1. The van der Waals surface area contributed by atoms with Crippen molar-refractivity contribution in [1.82, 2.24) is 9.88 Å². The van der Waals surface area contributed by atoms with E-state index in [4.69, 9.17) is 9.47 Å². The first-order valence-electron chi connectivity index (χ1n) is 10.9. The van der Waals surface area contributed by atoms with E-state index in [2.05, 4.69) is 9.71 Å². The van der Waals surface area contributed by atoms with Crippen LogP contribution in [0.4, 0.5) is 10.1 Å². The van der Waals surface area contributed by atoms with Gasteiger partial charge in [-0.1, -0.05) is 30.3 Å². The molecule has 1 saturated heterocycles. The average Bonchev–Trinajstić information content (AvgIpc) is 2.86. The largest absolute Gasteiger partial charge is 0.588 e. The van der Waals surface area contributed by atoms with Crippen LogP contribution in [0.1, 0.15) is 10.4 Å². The number of likely N-dealkylation sites (tertiary alicyclic amines) is 1. The monoisotopic (exact) mass is 491 g/mol. The minimum Gasteiger partial charge on any atom is -0.588 e. The van der Waals surface area contributed by atoms with Gasteiger partial charge in [0.25, 0.3) is 5.91 Å². The maximum Gasteiger partial charge on any atom is 0.254 e. The minimum absolute atomic E-state index is 0.0359. The zero-order valence-corrected chi connectivity index (χ0v) is 19.6. The van der Waals surface area contributed by atoms with Gasteiger partial charge >= 0.3 is 0 Å². The molecule has 35 heavy (non-hydrogen) atoms. The average molecular weight is 492 g/mol. The molecule has 1 aromatic heterocycles. The molecule has 0 saturated carbocycles. The lowest BCUT2D eigenvalue weighted by molar-refractivity contribution is 0.0168. The topological polar surface area (TPSA) is 86.8 Å². The van der Waals surface area contributed by atoms with Gasteiger partial charge in [-0.2, -0.15) is 0 Å². The zero-order chi connectivity index (χ0) is 24.4. The SMILES string of the molecule is COc1ccccc1OC1CN(C(=O)c2ccc(N[S+]([O-])c3cccc4cccnc34)c(F)c2)C1. The van der Waals surface area contributed by atoms with E-state index in [0.29, 0.717) is 35.0 Å². The molecule has 2 heterocycles. The number of hydrogen-bond acceptors (Lipinski definition) is 6. The van der Waals surface area contributed by atoms with Gasteiger partial charge in [0.2, 0.25) is 4.90 Å². The second kappa shape index (κ2) is 9.81. The second-order valence-electron chi connectivity index (χ2n) is 8.00. The quantitative estimate of drug-likeness (QED) is 0.385. The molecule has 0 spiro atoms. The Morgan fingerprint density at radius 2 is 1.86 bits per heavy atom. The lowest BCUT2D eigenvalue weighted by Crippen LogP contribution is -2.56.